The molecule has 0 amide bonds. The smallest absolute Gasteiger partial charge is 0.0438 e. The van der Waals surface area contributed by atoms with Gasteiger partial charge in [0.05, 0.1) is 0 Å². The average molecular weight is 221 g/mol. The molecule has 0 unspecified atom stereocenters. The van der Waals surface area contributed by atoms with Gasteiger partial charge in [-0.15, -0.1) is 0 Å². The van der Waals surface area contributed by atoms with Crippen LogP contribution in [0.25, 0.3) is 0 Å². The van der Waals surface area contributed by atoms with Gasteiger partial charge in [-0.2, -0.15) is 0 Å². The Morgan fingerprint density at radius 1 is 0.875 bits per heavy atom. The van der Waals surface area contributed by atoms with Crippen LogP contribution in [0.4, 0.5) is 0 Å². The maximum atomic E-state index is 5.14. The third kappa shape index (κ3) is 2.85. The minimum Gasteiger partial charge on any atom is -0.0438 e. The molecule has 0 aliphatic heterocycles. The summed E-state index contributed by atoms with van der Waals surface area (Å²) in [5.41, 5.74) is 0. The fraction of sp³-hybridized carbons (Fsp3) is 0. The molecule has 0 aromatic heterocycles. The molecular formula is Cl4O3P+. The molecule has 8 heteroatoms. The van der Waals surface area contributed by atoms with Crippen LogP contribution in [0.15, 0.2) is 0 Å². The lowest BCUT2D eigenvalue weighted by atomic mass is 15.8. The molecule has 0 bridgehead atoms. The Labute approximate surface area is 66.6 Å². The van der Waals surface area contributed by atoms with Gasteiger partial charge in [-0.05, 0) is 12.2 Å². The minimum atomic E-state index is -3.14. The van der Waals surface area contributed by atoms with E-state index < -0.39 is 7.30 Å². The molecule has 0 saturated carbocycles. The van der Waals surface area contributed by atoms with Gasteiger partial charge < -0.3 is 0 Å². The summed E-state index contributed by atoms with van der Waals surface area (Å²) in [6.07, 6.45) is 0. The van der Waals surface area contributed by atoms with Gasteiger partial charge in [0.1, 0.15) is 35.6 Å². The molecule has 0 atom stereocenters. The lowest BCUT2D eigenvalue weighted by Gasteiger charge is -1.96. The van der Waals surface area contributed by atoms with Crippen LogP contribution < -0.4 is 0 Å². The second kappa shape index (κ2) is 4.31. The van der Waals surface area contributed by atoms with E-state index in [0.29, 0.717) is 0 Å². The Hall–Kier alpha value is 1.47. The lowest BCUT2D eigenvalue weighted by Crippen LogP contribution is -1.80. The van der Waals surface area contributed by atoms with Crippen LogP contribution in [0.5, 0.6) is 0 Å². The second-order valence-electron chi connectivity index (χ2n) is 0.638. The summed E-state index contributed by atoms with van der Waals surface area (Å²) in [5, 5.41) is 0. The third-order valence-electron chi connectivity index (χ3n) is 0.247. The molecule has 0 aromatic carbocycles. The summed E-state index contributed by atoms with van der Waals surface area (Å²) < 4.78 is 11.6. The molecule has 50 valence electrons. The first-order valence-electron chi connectivity index (χ1n) is 1.18. The van der Waals surface area contributed by atoms with Gasteiger partial charge >= 0.3 is 7.30 Å². The predicted octanol–water partition coefficient (Wildman–Crippen LogP) is 3.41. The maximum absolute atomic E-state index is 5.14. The van der Waals surface area contributed by atoms with E-state index in [1.165, 1.54) is 0 Å². The standard InChI is InChI=1S/Cl4O3P/c1-5-8(4,6-2)7-3/q+1. The largest absolute Gasteiger partial charge is 0.577 e. The summed E-state index contributed by atoms with van der Waals surface area (Å²) in [6, 6.07) is 0. The van der Waals surface area contributed by atoms with Gasteiger partial charge in [-0.25, -0.2) is 0 Å². The Balaban J connectivity index is 3.58. The van der Waals surface area contributed by atoms with Crippen molar-refractivity contribution in [2.45, 2.75) is 0 Å². The minimum absolute atomic E-state index is 3.14. The molecule has 0 heterocycles. The molecule has 0 radical (unpaired) electrons. The van der Waals surface area contributed by atoms with Crippen LogP contribution in [0.1, 0.15) is 0 Å². The summed E-state index contributed by atoms with van der Waals surface area (Å²) in [5.74, 6) is 0. The van der Waals surface area contributed by atoms with Crippen molar-refractivity contribution in [2.24, 2.45) is 0 Å². The van der Waals surface area contributed by atoms with Crippen LogP contribution in [0.2, 0.25) is 0 Å². The van der Waals surface area contributed by atoms with Crippen molar-refractivity contribution in [3.8, 4) is 0 Å². The van der Waals surface area contributed by atoms with Crippen molar-refractivity contribution in [3.63, 3.8) is 0 Å². The highest BCUT2D eigenvalue weighted by molar-refractivity contribution is 7.89. The monoisotopic (exact) mass is 219 g/mol. The molecule has 0 fully saturated rings. The molecule has 3 nitrogen and oxygen atoms in total. The highest BCUT2D eigenvalue weighted by Crippen LogP contribution is 2.69. The van der Waals surface area contributed by atoms with Crippen LogP contribution in [-0.2, 0) is 12.2 Å². The number of rotatable bonds is 3. The molecule has 0 aliphatic carbocycles. The van der Waals surface area contributed by atoms with Crippen molar-refractivity contribution in [3.05, 3.63) is 0 Å². The number of halogens is 4. The zero-order chi connectivity index (χ0) is 6.62. The summed E-state index contributed by atoms with van der Waals surface area (Å²) in [7, 11) is -3.14. The van der Waals surface area contributed by atoms with Crippen LogP contribution in [0, 0.1) is 0 Å². The van der Waals surface area contributed by atoms with Crippen molar-refractivity contribution in [1.29, 1.82) is 0 Å². The van der Waals surface area contributed by atoms with Crippen molar-refractivity contribution in [1.82, 2.24) is 0 Å². The zero-order valence-electron chi connectivity index (χ0n) is 3.18. The molecular weight excluding hydrogens is 221 g/mol. The van der Waals surface area contributed by atoms with Crippen molar-refractivity contribution >= 4 is 54.1 Å². The van der Waals surface area contributed by atoms with E-state index in [2.05, 4.69) is 12.2 Å². The number of hydrogen-bond donors (Lipinski definition) is 0. The summed E-state index contributed by atoms with van der Waals surface area (Å²) in [6.45, 7) is 0. The molecule has 8 heavy (non-hydrogen) atoms. The topological polar surface area (TPSA) is 27.7 Å². The molecule has 0 spiro atoms. The second-order valence-corrected chi connectivity index (χ2v) is 4.40. The van der Waals surface area contributed by atoms with Crippen LogP contribution in [0.3, 0.4) is 0 Å². The fourth-order valence-corrected chi connectivity index (χ4v) is 0.862. The summed E-state index contributed by atoms with van der Waals surface area (Å²) in [4.78, 5) is 0. The highest BCUT2D eigenvalue weighted by atomic mass is 35.7. The molecule has 0 aliphatic rings. The first-order chi connectivity index (χ1) is 3.68. The van der Waals surface area contributed by atoms with Crippen LogP contribution >= 0.6 is 54.1 Å². The van der Waals surface area contributed by atoms with Crippen LogP contribution in [-0.4, -0.2) is 0 Å². The van der Waals surface area contributed by atoms with Crippen molar-refractivity contribution < 1.29 is 12.2 Å². The van der Waals surface area contributed by atoms with E-state index >= 15 is 0 Å². The Kier molecular flexibility index (Phi) is 5.10. The Morgan fingerprint density at radius 3 is 1.12 bits per heavy atom. The van der Waals surface area contributed by atoms with E-state index in [0.717, 1.165) is 0 Å². The first kappa shape index (κ1) is 9.47. The van der Waals surface area contributed by atoms with E-state index in [4.69, 9.17) is 46.8 Å². The van der Waals surface area contributed by atoms with Gasteiger partial charge in [0.2, 0.25) is 0 Å². The third-order valence-corrected chi connectivity index (χ3v) is 3.63. The summed E-state index contributed by atoms with van der Waals surface area (Å²) >= 11 is 19.3. The van der Waals surface area contributed by atoms with Gasteiger partial charge in [0.15, 0.2) is 11.2 Å². The maximum Gasteiger partial charge on any atom is 0.577 e. The molecule has 0 aromatic rings. The van der Waals surface area contributed by atoms with Crippen molar-refractivity contribution in [2.75, 3.05) is 0 Å². The highest BCUT2D eigenvalue weighted by Gasteiger charge is 2.46. The SMILES string of the molecule is ClO[P+](Cl)(OCl)OCl. The fourth-order valence-electron chi connectivity index (χ4n) is 0.0319. The number of hydrogen-bond acceptors (Lipinski definition) is 3. The predicted molar refractivity (Wildman–Crippen MR) is 33.6 cm³/mol. The Bertz CT molecular complexity index is 54.0. The molecule has 0 saturated heterocycles. The lowest BCUT2D eigenvalue weighted by molar-refractivity contribution is 0.427. The van der Waals surface area contributed by atoms with E-state index in [1.807, 2.05) is 0 Å². The Morgan fingerprint density at radius 2 is 1.12 bits per heavy atom. The normalized spacial score (nSPS) is 12.0. The first-order valence-corrected chi connectivity index (χ1v) is 4.55. The van der Waals surface area contributed by atoms with Gasteiger partial charge in [0, 0.05) is 0 Å². The van der Waals surface area contributed by atoms with Gasteiger partial charge in [0.25, 0.3) is 0 Å². The van der Waals surface area contributed by atoms with Gasteiger partial charge in [-0.3, -0.25) is 0 Å². The quantitative estimate of drug-likeness (QED) is 0.683. The average Bonchev–Trinajstić information content (AvgIpc) is 1.87. The zero-order valence-corrected chi connectivity index (χ0v) is 7.10. The molecule has 0 rings (SSSR count). The van der Waals surface area contributed by atoms with Gasteiger partial charge in [-0.1, -0.05) is 0 Å². The van der Waals surface area contributed by atoms with E-state index in [1.54, 1.807) is 0 Å². The molecule has 0 N–H and O–H groups in total. The van der Waals surface area contributed by atoms with E-state index in [9.17, 15) is 0 Å². The van der Waals surface area contributed by atoms with E-state index in [-0.39, 0.29) is 0 Å².